The number of ether oxygens (including phenoxy) is 2. The topological polar surface area (TPSA) is 52.6 Å². The molecule has 4 nitrogen and oxygen atoms in total. The van der Waals surface area contributed by atoms with Gasteiger partial charge in [0.25, 0.3) is 0 Å². The van der Waals surface area contributed by atoms with Crippen molar-refractivity contribution in [3.05, 3.63) is 0 Å². The molecule has 0 radical (unpaired) electrons. The summed E-state index contributed by atoms with van der Waals surface area (Å²) in [4.78, 5) is 21.2. The lowest BCUT2D eigenvalue weighted by molar-refractivity contribution is -0.206. The summed E-state index contributed by atoms with van der Waals surface area (Å²) in [7, 11) is 0. The zero-order valence-corrected chi connectivity index (χ0v) is 8.39. The average molecular weight is 249 g/mol. The maximum Gasteiger partial charge on any atom is 0.490 e. The molecule has 0 aromatic heterocycles. The second-order valence-electron chi connectivity index (χ2n) is 2.30. The Morgan fingerprint density at radius 3 is 2.27 bits per heavy atom. The van der Waals surface area contributed by atoms with Crippen LogP contribution in [0.25, 0.3) is 0 Å². The van der Waals surface area contributed by atoms with Crippen LogP contribution < -0.4 is 0 Å². The van der Waals surface area contributed by atoms with Gasteiger partial charge in [-0.3, -0.25) is 0 Å². The van der Waals surface area contributed by atoms with E-state index < -0.39 is 30.1 Å². The average Bonchev–Trinajstić information content (AvgIpc) is 2.12. The van der Waals surface area contributed by atoms with Crippen LogP contribution in [-0.4, -0.2) is 36.7 Å². The third-order valence-corrected chi connectivity index (χ3v) is 1.45. The van der Waals surface area contributed by atoms with Crippen LogP contribution >= 0.6 is 11.6 Å². The predicted octanol–water partition coefficient (Wildman–Crippen LogP) is 1.26. The van der Waals surface area contributed by atoms with Crippen molar-refractivity contribution in [2.75, 3.05) is 12.5 Å². The van der Waals surface area contributed by atoms with Gasteiger partial charge in [-0.15, -0.1) is 11.6 Å². The third kappa shape index (κ3) is 4.87. The van der Waals surface area contributed by atoms with Crippen LogP contribution in [0.3, 0.4) is 0 Å². The number of carbonyl (C=O) groups excluding carboxylic acids is 2. The van der Waals surface area contributed by atoms with Gasteiger partial charge in [0.1, 0.15) is 0 Å². The predicted molar refractivity (Wildman–Crippen MR) is 43.3 cm³/mol. The quantitative estimate of drug-likeness (QED) is 0.555. The summed E-state index contributed by atoms with van der Waals surface area (Å²) in [5, 5.41) is 0. The summed E-state index contributed by atoms with van der Waals surface area (Å²) in [5.74, 6) is -4.17. The molecular weight excluding hydrogens is 241 g/mol. The van der Waals surface area contributed by atoms with Gasteiger partial charge in [0.05, 0.1) is 12.5 Å². The molecule has 0 N–H and O–H groups in total. The highest BCUT2D eigenvalue weighted by Gasteiger charge is 2.43. The number of rotatable bonds is 4. The lowest BCUT2D eigenvalue weighted by Crippen LogP contribution is -2.36. The van der Waals surface area contributed by atoms with Crippen LogP contribution in [0.5, 0.6) is 0 Å². The Hall–Kier alpha value is -0.980. The molecule has 0 saturated carbocycles. The van der Waals surface area contributed by atoms with Crippen molar-refractivity contribution in [3.63, 3.8) is 0 Å². The van der Waals surface area contributed by atoms with Crippen molar-refractivity contribution in [1.29, 1.82) is 0 Å². The number of halogens is 4. The molecule has 0 heterocycles. The largest absolute Gasteiger partial charge is 0.490 e. The number of hydrogen-bond donors (Lipinski definition) is 0. The van der Waals surface area contributed by atoms with Crippen LogP contribution in [0.2, 0.25) is 0 Å². The van der Waals surface area contributed by atoms with Gasteiger partial charge in [0, 0.05) is 0 Å². The first kappa shape index (κ1) is 14.0. The fourth-order valence-electron chi connectivity index (χ4n) is 0.574. The Bertz CT molecular complexity index is 241. The number of alkyl halides is 4. The molecule has 0 fully saturated rings. The zero-order chi connectivity index (χ0) is 12.1. The van der Waals surface area contributed by atoms with Gasteiger partial charge in [-0.05, 0) is 6.92 Å². The molecular formula is C7H8ClF3O4. The molecule has 0 aromatic carbocycles. The number of carbonyl (C=O) groups is 2. The molecule has 88 valence electrons. The summed E-state index contributed by atoms with van der Waals surface area (Å²) in [5.41, 5.74) is 0. The van der Waals surface area contributed by atoms with Crippen LogP contribution in [0.4, 0.5) is 13.2 Å². The second-order valence-corrected chi connectivity index (χ2v) is 2.61. The molecule has 1 atom stereocenters. The zero-order valence-electron chi connectivity index (χ0n) is 7.64. The molecule has 0 aliphatic heterocycles. The first-order valence-electron chi connectivity index (χ1n) is 3.83. The Morgan fingerprint density at radius 2 is 1.93 bits per heavy atom. The Kier molecular flexibility index (Phi) is 5.41. The molecule has 0 aliphatic carbocycles. The van der Waals surface area contributed by atoms with E-state index in [-0.39, 0.29) is 6.61 Å². The SMILES string of the molecule is CCOC(=O)C(CCl)OC(=O)C(F)(F)F. The van der Waals surface area contributed by atoms with Crippen molar-refractivity contribution in [3.8, 4) is 0 Å². The maximum atomic E-state index is 11.7. The standard InChI is InChI=1S/C7H8ClF3O4/c1-2-14-5(12)4(3-8)15-6(13)7(9,10)11/h4H,2-3H2,1H3. The highest BCUT2D eigenvalue weighted by atomic mass is 35.5. The number of hydrogen-bond acceptors (Lipinski definition) is 4. The van der Waals surface area contributed by atoms with Gasteiger partial charge in [-0.1, -0.05) is 0 Å². The van der Waals surface area contributed by atoms with E-state index in [1.807, 2.05) is 0 Å². The molecule has 0 spiro atoms. The van der Waals surface area contributed by atoms with Crippen LogP contribution in [-0.2, 0) is 19.1 Å². The van der Waals surface area contributed by atoms with Crippen LogP contribution in [0.1, 0.15) is 6.92 Å². The van der Waals surface area contributed by atoms with E-state index in [0.717, 1.165) is 0 Å². The van der Waals surface area contributed by atoms with Gasteiger partial charge in [-0.2, -0.15) is 13.2 Å². The smallest absolute Gasteiger partial charge is 0.463 e. The fourth-order valence-corrected chi connectivity index (χ4v) is 0.763. The molecule has 0 aliphatic rings. The van der Waals surface area contributed by atoms with Gasteiger partial charge in [0.15, 0.2) is 0 Å². The van der Waals surface area contributed by atoms with Gasteiger partial charge >= 0.3 is 18.1 Å². The van der Waals surface area contributed by atoms with E-state index in [9.17, 15) is 22.8 Å². The van der Waals surface area contributed by atoms with E-state index in [1.54, 1.807) is 0 Å². The van der Waals surface area contributed by atoms with Gasteiger partial charge < -0.3 is 9.47 Å². The first-order valence-corrected chi connectivity index (χ1v) is 4.36. The summed E-state index contributed by atoms with van der Waals surface area (Å²) in [6, 6.07) is 0. The highest BCUT2D eigenvalue weighted by molar-refractivity contribution is 6.19. The minimum absolute atomic E-state index is 0.0458. The van der Waals surface area contributed by atoms with Crippen molar-refractivity contribution < 1.29 is 32.2 Å². The lowest BCUT2D eigenvalue weighted by atomic mass is 10.4. The summed E-state index contributed by atoms with van der Waals surface area (Å²) in [6.07, 6.45) is -6.89. The monoisotopic (exact) mass is 248 g/mol. The van der Waals surface area contributed by atoms with Gasteiger partial charge in [-0.25, -0.2) is 9.59 Å². The maximum absolute atomic E-state index is 11.7. The third-order valence-electron chi connectivity index (χ3n) is 1.17. The van der Waals surface area contributed by atoms with E-state index >= 15 is 0 Å². The van der Waals surface area contributed by atoms with E-state index in [0.29, 0.717) is 0 Å². The van der Waals surface area contributed by atoms with E-state index in [4.69, 9.17) is 11.6 Å². The summed E-state index contributed by atoms with van der Waals surface area (Å²) >= 11 is 5.15. The Morgan fingerprint density at radius 1 is 1.40 bits per heavy atom. The van der Waals surface area contributed by atoms with Crippen molar-refractivity contribution in [2.24, 2.45) is 0 Å². The molecule has 0 bridgehead atoms. The molecule has 0 rings (SSSR count). The Labute approximate surface area is 88.3 Å². The normalized spacial score (nSPS) is 13.1. The van der Waals surface area contributed by atoms with Crippen LogP contribution in [0, 0.1) is 0 Å². The van der Waals surface area contributed by atoms with E-state index in [2.05, 4.69) is 9.47 Å². The molecule has 15 heavy (non-hydrogen) atoms. The van der Waals surface area contributed by atoms with Crippen molar-refractivity contribution >= 4 is 23.5 Å². The molecule has 0 saturated heterocycles. The van der Waals surface area contributed by atoms with Crippen molar-refractivity contribution in [2.45, 2.75) is 19.2 Å². The Balaban J connectivity index is 4.34. The van der Waals surface area contributed by atoms with Crippen LogP contribution in [0.15, 0.2) is 0 Å². The highest BCUT2D eigenvalue weighted by Crippen LogP contribution is 2.18. The number of esters is 2. The molecule has 8 heteroatoms. The minimum atomic E-state index is -5.16. The first-order chi connectivity index (χ1) is 6.82. The molecule has 0 amide bonds. The lowest BCUT2D eigenvalue weighted by Gasteiger charge is -2.14. The van der Waals surface area contributed by atoms with Gasteiger partial charge in [0.2, 0.25) is 6.10 Å². The summed E-state index contributed by atoms with van der Waals surface area (Å²) in [6.45, 7) is 1.41. The minimum Gasteiger partial charge on any atom is -0.463 e. The molecule has 0 aromatic rings. The van der Waals surface area contributed by atoms with E-state index in [1.165, 1.54) is 6.92 Å². The van der Waals surface area contributed by atoms with Crippen molar-refractivity contribution in [1.82, 2.24) is 0 Å². The second kappa shape index (κ2) is 5.79. The summed E-state index contributed by atoms with van der Waals surface area (Å²) < 4.78 is 43.3. The molecule has 1 unspecified atom stereocenters. The fraction of sp³-hybridized carbons (Fsp3) is 0.714.